The summed E-state index contributed by atoms with van der Waals surface area (Å²) in [6.07, 6.45) is 1.68. The maximum Gasteiger partial charge on any atom is 0.291 e. The van der Waals surface area contributed by atoms with Crippen molar-refractivity contribution >= 4 is 27.7 Å². The highest BCUT2D eigenvalue weighted by atomic mass is 16.2. The van der Waals surface area contributed by atoms with E-state index in [-0.39, 0.29) is 11.5 Å². The minimum absolute atomic E-state index is 0.107. The topological polar surface area (TPSA) is 68.9 Å². The predicted molar refractivity (Wildman–Crippen MR) is 85.9 cm³/mol. The molecule has 1 atom stereocenters. The van der Waals surface area contributed by atoms with Gasteiger partial charge in [-0.3, -0.25) is 9.59 Å². The molecule has 1 amide bonds. The first kappa shape index (κ1) is 14.3. The van der Waals surface area contributed by atoms with Crippen molar-refractivity contribution in [1.29, 1.82) is 0 Å². The number of likely N-dealkylation sites (N-methyl/N-ethyl adjacent to an activating group) is 1. The van der Waals surface area contributed by atoms with Crippen LogP contribution in [0, 0.1) is 0 Å². The fourth-order valence-corrected chi connectivity index (χ4v) is 2.83. The van der Waals surface area contributed by atoms with Gasteiger partial charge in [-0.1, -0.05) is 18.2 Å². The van der Waals surface area contributed by atoms with Gasteiger partial charge in [-0.25, -0.2) is 4.68 Å². The summed E-state index contributed by atoms with van der Waals surface area (Å²) in [5.74, 6) is -0.107. The molecular formula is C16H18N4O2. The van der Waals surface area contributed by atoms with Gasteiger partial charge in [0.2, 0.25) is 5.91 Å². The fourth-order valence-electron chi connectivity index (χ4n) is 2.83. The number of rotatable bonds is 3. The number of fused-ring (bicyclic) bond motifs is 3. The van der Waals surface area contributed by atoms with Crippen LogP contribution in [0.2, 0.25) is 0 Å². The molecule has 0 radical (unpaired) electrons. The number of carbonyl (C=O) groups excluding carboxylic acids is 1. The van der Waals surface area contributed by atoms with Crippen LogP contribution in [0.25, 0.3) is 21.8 Å². The Morgan fingerprint density at radius 2 is 2.05 bits per heavy atom. The van der Waals surface area contributed by atoms with Crippen molar-refractivity contribution in [3.63, 3.8) is 0 Å². The number of benzene rings is 1. The van der Waals surface area contributed by atoms with E-state index in [4.69, 9.17) is 0 Å². The van der Waals surface area contributed by atoms with E-state index in [1.165, 1.54) is 4.68 Å². The third-order valence-corrected chi connectivity index (χ3v) is 3.92. The van der Waals surface area contributed by atoms with Gasteiger partial charge >= 0.3 is 0 Å². The Balaban J connectivity index is 2.42. The van der Waals surface area contributed by atoms with Crippen molar-refractivity contribution in [3.8, 4) is 0 Å². The number of hydrogen-bond donors (Lipinski definition) is 1. The number of para-hydroxylation sites is 1. The van der Waals surface area contributed by atoms with Crippen LogP contribution in [0.15, 0.2) is 35.3 Å². The van der Waals surface area contributed by atoms with Crippen molar-refractivity contribution in [1.82, 2.24) is 19.7 Å². The molecule has 2 heterocycles. The van der Waals surface area contributed by atoms with Crippen LogP contribution in [0.4, 0.5) is 0 Å². The zero-order valence-electron chi connectivity index (χ0n) is 12.8. The van der Waals surface area contributed by atoms with Gasteiger partial charge in [0.15, 0.2) is 0 Å². The minimum atomic E-state index is -0.475. The Labute approximate surface area is 127 Å². The van der Waals surface area contributed by atoms with Crippen LogP contribution in [0.5, 0.6) is 0 Å². The van der Waals surface area contributed by atoms with Gasteiger partial charge in [0, 0.05) is 24.4 Å². The third-order valence-electron chi connectivity index (χ3n) is 3.92. The van der Waals surface area contributed by atoms with Gasteiger partial charge in [0.1, 0.15) is 11.6 Å². The monoisotopic (exact) mass is 298 g/mol. The molecule has 6 nitrogen and oxygen atoms in total. The fraction of sp³-hybridized carbons (Fsp3) is 0.312. The van der Waals surface area contributed by atoms with Crippen molar-refractivity contribution in [2.75, 3.05) is 6.54 Å². The molecule has 1 aromatic carbocycles. The van der Waals surface area contributed by atoms with E-state index in [0.717, 1.165) is 16.3 Å². The maximum absolute atomic E-state index is 12.6. The molecule has 22 heavy (non-hydrogen) atoms. The maximum atomic E-state index is 12.6. The number of carbonyl (C=O) groups is 1. The van der Waals surface area contributed by atoms with Gasteiger partial charge in [-0.15, -0.1) is 0 Å². The SMILES string of the molecule is CCNC(=O)[C@@H](C)n1c2ccccc2c2cnn(C)c(=O)c21. The third kappa shape index (κ3) is 1.99. The first-order valence-corrected chi connectivity index (χ1v) is 7.29. The normalized spacial score (nSPS) is 12.7. The van der Waals surface area contributed by atoms with E-state index in [1.54, 1.807) is 24.7 Å². The standard InChI is InChI=1S/C16H18N4O2/c1-4-17-15(21)10(2)20-13-8-6-5-7-11(13)12-9-18-19(3)16(22)14(12)20/h5-10H,4H2,1-3H3,(H,17,21)/t10-/m1/s1. The van der Waals surface area contributed by atoms with Gasteiger partial charge in [-0.2, -0.15) is 5.10 Å². The highest BCUT2D eigenvalue weighted by Crippen LogP contribution is 2.29. The van der Waals surface area contributed by atoms with Gasteiger partial charge in [-0.05, 0) is 19.9 Å². The van der Waals surface area contributed by atoms with Gasteiger partial charge < -0.3 is 9.88 Å². The molecule has 1 N–H and O–H groups in total. The number of nitrogens with one attached hydrogen (secondary N) is 1. The highest BCUT2D eigenvalue weighted by molar-refractivity contribution is 6.08. The number of aryl methyl sites for hydroxylation is 1. The molecular weight excluding hydrogens is 280 g/mol. The summed E-state index contributed by atoms with van der Waals surface area (Å²) in [6, 6.07) is 7.21. The number of hydrogen-bond acceptors (Lipinski definition) is 3. The van der Waals surface area contributed by atoms with Crippen LogP contribution in [0.1, 0.15) is 19.9 Å². The summed E-state index contributed by atoms with van der Waals surface area (Å²) < 4.78 is 3.10. The Morgan fingerprint density at radius 3 is 2.77 bits per heavy atom. The molecule has 3 rings (SSSR count). The largest absolute Gasteiger partial charge is 0.355 e. The molecule has 0 aliphatic carbocycles. The van der Waals surface area contributed by atoms with Gasteiger partial charge in [0.25, 0.3) is 5.56 Å². The second kappa shape index (κ2) is 5.29. The van der Waals surface area contributed by atoms with Gasteiger partial charge in [0.05, 0.1) is 11.7 Å². The van der Waals surface area contributed by atoms with E-state index in [1.807, 2.05) is 31.2 Å². The lowest BCUT2D eigenvalue weighted by Crippen LogP contribution is -2.32. The first-order chi connectivity index (χ1) is 10.6. The molecule has 0 spiro atoms. The smallest absolute Gasteiger partial charge is 0.291 e. The minimum Gasteiger partial charge on any atom is -0.355 e. The molecule has 0 fully saturated rings. The van der Waals surface area contributed by atoms with E-state index < -0.39 is 6.04 Å². The summed E-state index contributed by atoms with van der Waals surface area (Å²) in [6.45, 7) is 4.23. The summed E-state index contributed by atoms with van der Waals surface area (Å²) in [5.41, 5.74) is 1.17. The van der Waals surface area contributed by atoms with Crippen LogP contribution >= 0.6 is 0 Å². The van der Waals surface area contributed by atoms with Crippen LogP contribution in [-0.2, 0) is 11.8 Å². The Bertz CT molecular complexity index is 923. The van der Waals surface area contributed by atoms with Crippen molar-refractivity contribution < 1.29 is 4.79 Å². The van der Waals surface area contributed by atoms with Crippen molar-refractivity contribution in [2.24, 2.45) is 7.05 Å². The molecule has 0 saturated carbocycles. The van der Waals surface area contributed by atoms with Crippen LogP contribution in [-0.4, -0.2) is 26.8 Å². The zero-order valence-corrected chi connectivity index (χ0v) is 12.8. The highest BCUT2D eigenvalue weighted by Gasteiger charge is 2.22. The summed E-state index contributed by atoms with van der Waals surface area (Å²) in [4.78, 5) is 24.8. The van der Waals surface area contributed by atoms with E-state index in [0.29, 0.717) is 12.1 Å². The molecule has 0 saturated heterocycles. The van der Waals surface area contributed by atoms with Crippen LogP contribution < -0.4 is 10.9 Å². The lowest BCUT2D eigenvalue weighted by Gasteiger charge is -2.15. The predicted octanol–water partition coefficient (Wildman–Crippen LogP) is 1.59. The molecule has 114 valence electrons. The van der Waals surface area contributed by atoms with Crippen LogP contribution in [0.3, 0.4) is 0 Å². The number of nitrogens with zero attached hydrogens (tertiary/aromatic N) is 3. The summed E-state index contributed by atoms with van der Waals surface area (Å²) in [7, 11) is 1.61. The lowest BCUT2D eigenvalue weighted by molar-refractivity contribution is -0.123. The number of amides is 1. The molecule has 2 aromatic heterocycles. The zero-order chi connectivity index (χ0) is 15.9. The van der Waals surface area contributed by atoms with Crippen molar-refractivity contribution in [2.45, 2.75) is 19.9 Å². The number of aromatic nitrogens is 3. The molecule has 3 aromatic rings. The quantitative estimate of drug-likeness (QED) is 0.798. The second-order valence-electron chi connectivity index (χ2n) is 5.29. The average Bonchev–Trinajstić information content (AvgIpc) is 2.85. The first-order valence-electron chi connectivity index (χ1n) is 7.29. The second-order valence-corrected chi connectivity index (χ2v) is 5.29. The lowest BCUT2D eigenvalue weighted by atomic mass is 10.2. The Hall–Kier alpha value is -2.63. The summed E-state index contributed by atoms with van der Waals surface area (Å²) in [5, 5.41) is 8.62. The molecule has 6 heteroatoms. The Morgan fingerprint density at radius 1 is 1.32 bits per heavy atom. The van der Waals surface area contributed by atoms with E-state index in [2.05, 4.69) is 10.4 Å². The molecule has 0 unspecified atom stereocenters. The Kier molecular flexibility index (Phi) is 3.44. The molecule has 0 aliphatic heterocycles. The van der Waals surface area contributed by atoms with E-state index >= 15 is 0 Å². The summed E-state index contributed by atoms with van der Waals surface area (Å²) >= 11 is 0. The average molecular weight is 298 g/mol. The molecule has 0 bridgehead atoms. The van der Waals surface area contributed by atoms with E-state index in [9.17, 15) is 9.59 Å². The molecule has 0 aliphatic rings. The van der Waals surface area contributed by atoms with Crippen molar-refractivity contribution in [3.05, 3.63) is 40.8 Å².